The lowest BCUT2D eigenvalue weighted by atomic mass is 10.2. The van der Waals surface area contributed by atoms with Gasteiger partial charge in [0.2, 0.25) is 5.91 Å². The first-order valence-electron chi connectivity index (χ1n) is 6.91. The van der Waals surface area contributed by atoms with E-state index in [2.05, 4.69) is 5.32 Å². The zero-order valence-corrected chi connectivity index (χ0v) is 13.7. The maximum Gasteiger partial charge on any atom is 0.265 e. The molecule has 1 heterocycles. The molecule has 2 amide bonds. The minimum Gasteiger partial charge on any atom is -0.482 e. The minimum absolute atomic E-state index is 0.0695. The number of fused-ring (bicyclic) bond motifs is 1. The first-order chi connectivity index (χ1) is 11.4. The van der Waals surface area contributed by atoms with E-state index in [0.29, 0.717) is 16.5 Å². The van der Waals surface area contributed by atoms with Crippen LogP contribution in [0.1, 0.15) is 0 Å². The van der Waals surface area contributed by atoms with Crippen LogP contribution in [0, 0.1) is 5.82 Å². The lowest BCUT2D eigenvalue weighted by Gasteiger charge is -2.29. The number of carbonyl (C=O) groups is 2. The number of ether oxygens (including phenoxy) is 1. The average molecular weight is 369 g/mol. The fourth-order valence-electron chi connectivity index (χ4n) is 2.27. The summed E-state index contributed by atoms with van der Waals surface area (Å²) in [5, 5.41) is 3.03. The molecule has 5 nitrogen and oxygen atoms in total. The van der Waals surface area contributed by atoms with Crippen LogP contribution in [-0.2, 0) is 9.59 Å². The third kappa shape index (κ3) is 3.44. The Bertz CT molecular complexity index is 829. The van der Waals surface area contributed by atoms with Crippen LogP contribution in [0.2, 0.25) is 10.0 Å². The van der Waals surface area contributed by atoms with Gasteiger partial charge in [0.05, 0.1) is 16.4 Å². The SMILES string of the molecule is O=C(CN1C(=O)COc2ccc(Cl)cc21)Nc1ccc(F)cc1Cl. The maximum atomic E-state index is 13.0. The van der Waals surface area contributed by atoms with E-state index < -0.39 is 11.7 Å². The number of hydrogen-bond donors (Lipinski definition) is 1. The monoisotopic (exact) mass is 368 g/mol. The number of halogens is 3. The van der Waals surface area contributed by atoms with Gasteiger partial charge in [-0.1, -0.05) is 23.2 Å². The average Bonchev–Trinajstić information content (AvgIpc) is 2.53. The first-order valence-corrected chi connectivity index (χ1v) is 7.67. The predicted octanol–water partition coefficient (Wildman–Crippen LogP) is 3.50. The Kier molecular flexibility index (Phi) is 4.59. The first kappa shape index (κ1) is 16.5. The van der Waals surface area contributed by atoms with Crippen molar-refractivity contribution in [3.05, 3.63) is 52.3 Å². The van der Waals surface area contributed by atoms with Crippen molar-refractivity contribution in [3.63, 3.8) is 0 Å². The van der Waals surface area contributed by atoms with E-state index in [1.165, 1.54) is 17.0 Å². The molecule has 0 aliphatic carbocycles. The van der Waals surface area contributed by atoms with Crippen molar-refractivity contribution in [2.24, 2.45) is 0 Å². The number of carbonyl (C=O) groups excluding carboxylic acids is 2. The molecule has 24 heavy (non-hydrogen) atoms. The molecule has 0 radical (unpaired) electrons. The Hall–Kier alpha value is -2.31. The summed E-state index contributed by atoms with van der Waals surface area (Å²) in [4.78, 5) is 25.6. The number of nitrogens with one attached hydrogen (secondary N) is 1. The van der Waals surface area contributed by atoms with Gasteiger partial charge in [-0.25, -0.2) is 4.39 Å². The van der Waals surface area contributed by atoms with Crippen LogP contribution >= 0.6 is 23.2 Å². The second-order valence-electron chi connectivity index (χ2n) is 5.05. The number of anilines is 2. The molecular weight excluding hydrogens is 358 g/mol. The van der Waals surface area contributed by atoms with Crippen LogP contribution in [0.5, 0.6) is 5.75 Å². The minimum atomic E-state index is -0.509. The van der Waals surface area contributed by atoms with Crippen molar-refractivity contribution in [2.75, 3.05) is 23.4 Å². The summed E-state index contributed by atoms with van der Waals surface area (Å²) in [7, 11) is 0. The second kappa shape index (κ2) is 6.67. The van der Waals surface area contributed by atoms with Crippen LogP contribution in [-0.4, -0.2) is 25.0 Å². The van der Waals surface area contributed by atoms with Crippen LogP contribution in [0.25, 0.3) is 0 Å². The third-order valence-electron chi connectivity index (χ3n) is 3.37. The Morgan fingerprint density at radius 2 is 2.04 bits per heavy atom. The summed E-state index contributed by atoms with van der Waals surface area (Å²) in [6, 6.07) is 8.43. The number of rotatable bonds is 3. The predicted molar refractivity (Wildman–Crippen MR) is 89.3 cm³/mol. The molecule has 1 aliphatic rings. The van der Waals surface area contributed by atoms with Crippen LogP contribution in [0.3, 0.4) is 0 Å². The molecule has 0 aromatic heterocycles. The van der Waals surface area contributed by atoms with Crippen LogP contribution in [0.4, 0.5) is 15.8 Å². The molecule has 124 valence electrons. The number of amides is 2. The third-order valence-corrected chi connectivity index (χ3v) is 3.92. The normalized spacial score (nSPS) is 13.3. The van der Waals surface area contributed by atoms with E-state index in [1.807, 2.05) is 0 Å². The molecule has 0 atom stereocenters. The number of hydrogen-bond acceptors (Lipinski definition) is 3. The topological polar surface area (TPSA) is 58.6 Å². The van der Waals surface area contributed by atoms with Crippen molar-refractivity contribution >= 4 is 46.4 Å². The molecule has 2 aromatic rings. The highest BCUT2D eigenvalue weighted by Gasteiger charge is 2.27. The van der Waals surface area contributed by atoms with Gasteiger partial charge in [-0.2, -0.15) is 0 Å². The van der Waals surface area contributed by atoms with Crippen molar-refractivity contribution in [3.8, 4) is 5.75 Å². The Balaban J connectivity index is 1.79. The van der Waals surface area contributed by atoms with Crippen molar-refractivity contribution in [1.29, 1.82) is 0 Å². The smallest absolute Gasteiger partial charge is 0.265 e. The molecule has 0 spiro atoms. The van der Waals surface area contributed by atoms with Gasteiger partial charge >= 0.3 is 0 Å². The van der Waals surface area contributed by atoms with E-state index in [-0.39, 0.29) is 29.8 Å². The van der Waals surface area contributed by atoms with Gasteiger partial charge in [0.15, 0.2) is 6.61 Å². The van der Waals surface area contributed by atoms with Crippen LogP contribution < -0.4 is 15.0 Å². The lowest BCUT2D eigenvalue weighted by Crippen LogP contribution is -2.43. The van der Waals surface area contributed by atoms with E-state index in [4.69, 9.17) is 27.9 Å². The second-order valence-corrected chi connectivity index (χ2v) is 5.90. The molecule has 1 aliphatic heterocycles. The highest BCUT2D eigenvalue weighted by molar-refractivity contribution is 6.33. The van der Waals surface area contributed by atoms with Crippen molar-refractivity contribution < 1.29 is 18.7 Å². The Labute approximate surface area is 146 Å². The van der Waals surface area contributed by atoms with Gasteiger partial charge in [0.25, 0.3) is 5.91 Å². The summed E-state index contributed by atoms with van der Waals surface area (Å²) in [6.07, 6.45) is 0. The highest BCUT2D eigenvalue weighted by atomic mass is 35.5. The van der Waals surface area contributed by atoms with E-state index in [0.717, 1.165) is 6.07 Å². The van der Waals surface area contributed by atoms with Crippen LogP contribution in [0.15, 0.2) is 36.4 Å². The van der Waals surface area contributed by atoms with Gasteiger partial charge in [-0.05, 0) is 36.4 Å². The summed E-state index contributed by atoms with van der Waals surface area (Å²) in [6.45, 7) is -0.414. The molecule has 0 saturated carbocycles. The number of nitrogens with zero attached hydrogens (tertiary/aromatic N) is 1. The standard InChI is InChI=1S/C16H11Cl2FN2O3/c17-9-1-4-14-13(5-9)21(16(23)8-24-14)7-15(22)20-12-3-2-10(19)6-11(12)18/h1-6H,7-8H2,(H,20,22). The molecule has 8 heteroatoms. The molecule has 1 N–H and O–H groups in total. The van der Waals surface area contributed by atoms with Crippen molar-refractivity contribution in [2.45, 2.75) is 0 Å². The maximum absolute atomic E-state index is 13.0. The molecule has 2 aromatic carbocycles. The lowest BCUT2D eigenvalue weighted by molar-refractivity contribution is -0.123. The Morgan fingerprint density at radius 3 is 2.79 bits per heavy atom. The molecule has 0 unspecified atom stereocenters. The van der Waals surface area contributed by atoms with Gasteiger partial charge in [0.1, 0.15) is 18.1 Å². The molecule has 0 fully saturated rings. The molecule has 0 bridgehead atoms. The van der Waals surface area contributed by atoms with E-state index in [1.54, 1.807) is 18.2 Å². The van der Waals surface area contributed by atoms with E-state index in [9.17, 15) is 14.0 Å². The zero-order chi connectivity index (χ0) is 17.3. The molecule has 3 rings (SSSR count). The van der Waals surface area contributed by atoms with Gasteiger partial charge in [-0.3, -0.25) is 14.5 Å². The fourth-order valence-corrected chi connectivity index (χ4v) is 2.65. The zero-order valence-electron chi connectivity index (χ0n) is 12.2. The summed E-state index contributed by atoms with van der Waals surface area (Å²) < 4.78 is 18.3. The summed E-state index contributed by atoms with van der Waals surface area (Å²) in [5.41, 5.74) is 0.675. The fraction of sp³-hybridized carbons (Fsp3) is 0.125. The molecule has 0 saturated heterocycles. The van der Waals surface area contributed by atoms with Gasteiger partial charge in [-0.15, -0.1) is 0 Å². The number of benzene rings is 2. The summed E-state index contributed by atoms with van der Waals surface area (Å²) >= 11 is 11.8. The van der Waals surface area contributed by atoms with Gasteiger partial charge < -0.3 is 10.1 Å². The highest BCUT2D eigenvalue weighted by Crippen LogP contribution is 2.34. The van der Waals surface area contributed by atoms with Crippen molar-refractivity contribution in [1.82, 2.24) is 0 Å². The van der Waals surface area contributed by atoms with E-state index >= 15 is 0 Å². The quantitative estimate of drug-likeness (QED) is 0.901. The van der Waals surface area contributed by atoms with Gasteiger partial charge in [0, 0.05) is 5.02 Å². The Morgan fingerprint density at radius 1 is 1.25 bits per heavy atom. The largest absolute Gasteiger partial charge is 0.482 e. The summed E-state index contributed by atoms with van der Waals surface area (Å²) in [5.74, 6) is -0.897. The molecular formula is C16H11Cl2FN2O3.